The molecule has 0 fully saturated rings. The quantitative estimate of drug-likeness (QED) is 0.478. The summed E-state index contributed by atoms with van der Waals surface area (Å²) in [5.74, 6) is -1.40. The van der Waals surface area contributed by atoms with Crippen LogP contribution in [0.4, 0.5) is 10.5 Å². The standard InChI is InChI=1S/C28H28N2O5/c1-3-8-25(26(31)30(2)19-15-13-18(14-16-19)27(32)33)29-28(34)35-17-24-22-11-6-4-9-20(22)21-10-5-7-12-23(21)24/h4-7,9-16,24-25H,3,8,17H2,1-2H3,(H,29,34)(H,32,33)/t25-/m0/s1. The number of anilines is 1. The van der Waals surface area contributed by atoms with Gasteiger partial charge in [0.05, 0.1) is 5.56 Å². The first-order chi connectivity index (χ1) is 16.9. The highest BCUT2D eigenvalue weighted by Gasteiger charge is 2.30. The van der Waals surface area contributed by atoms with E-state index in [1.807, 2.05) is 31.2 Å². The molecule has 1 aliphatic carbocycles. The Bertz CT molecular complexity index is 1190. The lowest BCUT2D eigenvalue weighted by atomic mass is 9.98. The second-order valence-electron chi connectivity index (χ2n) is 8.56. The lowest BCUT2D eigenvalue weighted by Crippen LogP contribution is -2.47. The Balaban J connectivity index is 1.42. The van der Waals surface area contributed by atoms with Crippen LogP contribution in [0.25, 0.3) is 11.1 Å². The molecule has 0 heterocycles. The van der Waals surface area contributed by atoms with Crippen molar-refractivity contribution in [3.8, 4) is 11.1 Å². The van der Waals surface area contributed by atoms with Gasteiger partial charge in [-0.2, -0.15) is 0 Å². The summed E-state index contributed by atoms with van der Waals surface area (Å²) in [7, 11) is 1.60. The zero-order chi connectivity index (χ0) is 24.9. The number of nitrogens with zero attached hydrogens (tertiary/aromatic N) is 1. The number of likely N-dealkylation sites (N-methyl/N-ethyl adjacent to an activating group) is 1. The molecule has 0 aliphatic heterocycles. The highest BCUT2D eigenvalue weighted by molar-refractivity contribution is 5.98. The van der Waals surface area contributed by atoms with Crippen molar-refractivity contribution in [1.82, 2.24) is 5.32 Å². The number of carboxylic acids is 1. The molecule has 0 radical (unpaired) electrons. The van der Waals surface area contributed by atoms with Crippen LogP contribution in [0.15, 0.2) is 72.8 Å². The van der Waals surface area contributed by atoms with E-state index < -0.39 is 18.1 Å². The molecule has 1 aliphatic rings. The van der Waals surface area contributed by atoms with Gasteiger partial charge in [-0.05, 0) is 52.9 Å². The molecule has 180 valence electrons. The molecule has 35 heavy (non-hydrogen) atoms. The van der Waals surface area contributed by atoms with E-state index in [1.54, 1.807) is 19.2 Å². The normalized spacial score (nSPS) is 12.9. The fourth-order valence-corrected chi connectivity index (χ4v) is 4.52. The van der Waals surface area contributed by atoms with Gasteiger partial charge in [-0.25, -0.2) is 9.59 Å². The van der Waals surface area contributed by atoms with Gasteiger partial charge >= 0.3 is 12.1 Å². The van der Waals surface area contributed by atoms with Crippen LogP contribution >= 0.6 is 0 Å². The van der Waals surface area contributed by atoms with Crippen molar-refractivity contribution < 1.29 is 24.2 Å². The molecular weight excluding hydrogens is 444 g/mol. The summed E-state index contributed by atoms with van der Waals surface area (Å²) in [5.41, 5.74) is 5.20. The van der Waals surface area contributed by atoms with E-state index in [2.05, 4.69) is 29.6 Å². The number of carboxylic acid groups (broad SMARTS) is 1. The predicted molar refractivity (Wildman–Crippen MR) is 134 cm³/mol. The zero-order valence-corrected chi connectivity index (χ0v) is 19.7. The van der Waals surface area contributed by atoms with E-state index in [1.165, 1.54) is 17.0 Å². The number of amides is 2. The molecular formula is C28H28N2O5. The summed E-state index contributed by atoms with van der Waals surface area (Å²) in [5, 5.41) is 11.8. The maximum absolute atomic E-state index is 13.1. The van der Waals surface area contributed by atoms with Gasteiger partial charge < -0.3 is 20.1 Å². The number of nitrogens with one attached hydrogen (secondary N) is 1. The Labute approximate surface area is 204 Å². The predicted octanol–water partition coefficient (Wildman–Crippen LogP) is 5.06. The van der Waals surface area contributed by atoms with Crippen molar-refractivity contribution >= 4 is 23.7 Å². The van der Waals surface area contributed by atoms with Gasteiger partial charge in [0.25, 0.3) is 0 Å². The largest absolute Gasteiger partial charge is 0.478 e. The van der Waals surface area contributed by atoms with Gasteiger partial charge in [-0.3, -0.25) is 4.79 Å². The van der Waals surface area contributed by atoms with Crippen molar-refractivity contribution in [2.75, 3.05) is 18.6 Å². The maximum atomic E-state index is 13.1. The van der Waals surface area contributed by atoms with E-state index in [9.17, 15) is 14.4 Å². The third-order valence-corrected chi connectivity index (χ3v) is 6.34. The van der Waals surface area contributed by atoms with Crippen molar-refractivity contribution in [3.63, 3.8) is 0 Å². The highest BCUT2D eigenvalue weighted by atomic mass is 16.5. The number of rotatable bonds is 8. The molecule has 0 saturated carbocycles. The molecule has 0 spiro atoms. The number of ether oxygens (including phenoxy) is 1. The Hall–Kier alpha value is -4.13. The number of benzene rings is 3. The fraction of sp³-hybridized carbons (Fsp3) is 0.250. The first-order valence-electron chi connectivity index (χ1n) is 11.6. The summed E-state index contributed by atoms with van der Waals surface area (Å²) in [6.45, 7) is 2.10. The van der Waals surface area contributed by atoms with Gasteiger partial charge in [0.1, 0.15) is 12.6 Å². The minimum absolute atomic E-state index is 0.0658. The van der Waals surface area contributed by atoms with Crippen LogP contribution in [0, 0.1) is 0 Å². The first kappa shape index (κ1) is 24.0. The third-order valence-electron chi connectivity index (χ3n) is 6.34. The Morgan fingerprint density at radius 2 is 1.51 bits per heavy atom. The van der Waals surface area contributed by atoms with E-state index in [4.69, 9.17) is 9.84 Å². The van der Waals surface area contributed by atoms with Gasteiger partial charge in [0.2, 0.25) is 5.91 Å². The van der Waals surface area contributed by atoms with Crippen molar-refractivity contribution in [2.24, 2.45) is 0 Å². The molecule has 7 nitrogen and oxygen atoms in total. The Morgan fingerprint density at radius 1 is 0.943 bits per heavy atom. The molecule has 7 heteroatoms. The van der Waals surface area contributed by atoms with Crippen LogP contribution in [0.1, 0.15) is 47.2 Å². The van der Waals surface area contributed by atoms with Crippen LogP contribution in [0.5, 0.6) is 0 Å². The molecule has 2 amide bonds. The van der Waals surface area contributed by atoms with Gasteiger partial charge in [-0.15, -0.1) is 0 Å². The molecule has 3 aromatic carbocycles. The van der Waals surface area contributed by atoms with Crippen LogP contribution < -0.4 is 10.2 Å². The van der Waals surface area contributed by atoms with Gasteiger partial charge in [-0.1, -0.05) is 61.9 Å². The summed E-state index contributed by atoms with van der Waals surface area (Å²) in [4.78, 5) is 38.3. The number of fused-ring (bicyclic) bond motifs is 3. The summed E-state index contributed by atoms with van der Waals surface area (Å²) in [6.07, 6.45) is 0.486. The first-order valence-corrected chi connectivity index (χ1v) is 11.6. The second kappa shape index (κ2) is 10.4. The smallest absolute Gasteiger partial charge is 0.407 e. The van der Waals surface area contributed by atoms with Crippen LogP contribution in [-0.2, 0) is 9.53 Å². The molecule has 4 rings (SSSR count). The van der Waals surface area contributed by atoms with Gasteiger partial charge in [0.15, 0.2) is 0 Å². The number of alkyl carbamates (subject to hydrolysis) is 1. The monoisotopic (exact) mass is 472 g/mol. The fourth-order valence-electron chi connectivity index (χ4n) is 4.52. The number of carbonyl (C=O) groups excluding carboxylic acids is 2. The average molecular weight is 473 g/mol. The lowest BCUT2D eigenvalue weighted by molar-refractivity contribution is -0.120. The molecule has 2 N–H and O–H groups in total. The minimum Gasteiger partial charge on any atom is -0.478 e. The molecule has 0 unspecified atom stereocenters. The SMILES string of the molecule is CCC[C@H](NC(=O)OCC1c2ccccc2-c2ccccc21)C(=O)N(C)c1ccc(C(=O)O)cc1. The van der Waals surface area contributed by atoms with Gasteiger partial charge in [0, 0.05) is 18.7 Å². The maximum Gasteiger partial charge on any atom is 0.407 e. The molecule has 0 aromatic heterocycles. The van der Waals surface area contributed by atoms with E-state index in [-0.39, 0.29) is 24.0 Å². The number of carbonyl (C=O) groups is 3. The van der Waals surface area contributed by atoms with Crippen LogP contribution in [0.2, 0.25) is 0 Å². The minimum atomic E-state index is -1.04. The summed E-state index contributed by atoms with van der Waals surface area (Å²) >= 11 is 0. The zero-order valence-electron chi connectivity index (χ0n) is 19.7. The number of aromatic carboxylic acids is 1. The average Bonchev–Trinajstić information content (AvgIpc) is 3.20. The van der Waals surface area contributed by atoms with Crippen molar-refractivity contribution in [1.29, 1.82) is 0 Å². The van der Waals surface area contributed by atoms with Crippen molar-refractivity contribution in [2.45, 2.75) is 31.7 Å². The Kier molecular flexibility index (Phi) is 7.15. The topological polar surface area (TPSA) is 95.9 Å². The van der Waals surface area contributed by atoms with Crippen molar-refractivity contribution in [3.05, 3.63) is 89.5 Å². The van der Waals surface area contributed by atoms with Crippen LogP contribution in [-0.4, -0.2) is 42.8 Å². The van der Waals surface area contributed by atoms with E-state index in [0.717, 1.165) is 22.3 Å². The third kappa shape index (κ3) is 5.04. The van der Waals surface area contributed by atoms with E-state index in [0.29, 0.717) is 18.5 Å². The van der Waals surface area contributed by atoms with E-state index >= 15 is 0 Å². The number of hydrogen-bond acceptors (Lipinski definition) is 4. The highest BCUT2D eigenvalue weighted by Crippen LogP contribution is 2.44. The Morgan fingerprint density at radius 3 is 2.06 bits per heavy atom. The summed E-state index contributed by atoms with van der Waals surface area (Å²) in [6, 6.07) is 21.5. The lowest BCUT2D eigenvalue weighted by Gasteiger charge is -2.25. The molecule has 0 bridgehead atoms. The molecule has 3 aromatic rings. The van der Waals surface area contributed by atoms with Crippen LogP contribution in [0.3, 0.4) is 0 Å². The second-order valence-corrected chi connectivity index (χ2v) is 8.56. The summed E-state index contributed by atoms with van der Waals surface area (Å²) < 4.78 is 5.61. The molecule has 0 saturated heterocycles. The molecule has 1 atom stereocenters. The number of hydrogen-bond donors (Lipinski definition) is 2.